The van der Waals surface area contributed by atoms with Crippen LogP contribution in [-0.4, -0.2) is 5.97 Å². The molecule has 0 heterocycles. The Labute approximate surface area is 183 Å². The topological polar surface area (TPSA) is 26.3 Å². The van der Waals surface area contributed by atoms with E-state index in [-0.39, 0.29) is 16.9 Å². The lowest BCUT2D eigenvalue weighted by atomic mass is 9.91. The third-order valence-corrected chi connectivity index (χ3v) is 7.66. The van der Waals surface area contributed by atoms with Gasteiger partial charge in [0.25, 0.3) is 0 Å². The van der Waals surface area contributed by atoms with Crippen molar-refractivity contribution in [2.75, 3.05) is 0 Å². The van der Waals surface area contributed by atoms with Crippen LogP contribution in [-0.2, 0) is 15.7 Å². The Hall–Kier alpha value is -2.52. The van der Waals surface area contributed by atoms with Crippen LogP contribution in [0.15, 0.2) is 93.5 Å². The van der Waals surface area contributed by atoms with Gasteiger partial charge in [0.1, 0.15) is 5.75 Å². The van der Waals surface area contributed by atoms with Crippen molar-refractivity contribution < 1.29 is 9.53 Å². The van der Waals surface area contributed by atoms with Gasteiger partial charge < -0.3 is 4.74 Å². The first-order valence-electron chi connectivity index (χ1n) is 10.5. The Bertz CT molecular complexity index is 975. The van der Waals surface area contributed by atoms with Crippen molar-refractivity contribution in [2.24, 2.45) is 5.41 Å². The highest BCUT2D eigenvalue weighted by atomic mass is 32.2. The fraction of sp³-hybridized carbons (Fsp3) is 0.296. The van der Waals surface area contributed by atoms with Crippen LogP contribution in [0, 0.1) is 5.41 Å². The highest BCUT2D eigenvalue weighted by Gasteiger charge is 2.31. The van der Waals surface area contributed by atoms with E-state index in [4.69, 9.17) is 4.74 Å². The van der Waals surface area contributed by atoms with Crippen molar-refractivity contribution in [3.63, 3.8) is 0 Å². The zero-order chi connectivity index (χ0) is 21.7. The second-order valence-electron chi connectivity index (χ2n) is 8.44. The van der Waals surface area contributed by atoms with Crippen LogP contribution in [0.5, 0.6) is 5.75 Å². The van der Waals surface area contributed by atoms with Crippen molar-refractivity contribution in [3.8, 4) is 5.75 Å². The quantitative estimate of drug-likeness (QED) is 0.229. The molecule has 1 atom stereocenters. The van der Waals surface area contributed by atoms with Gasteiger partial charge in [0.2, 0.25) is 0 Å². The van der Waals surface area contributed by atoms with Crippen LogP contribution in [0.3, 0.4) is 0 Å². The Kier molecular flexibility index (Phi) is 7.04. The van der Waals surface area contributed by atoms with E-state index in [1.54, 1.807) is 0 Å². The fourth-order valence-corrected chi connectivity index (χ4v) is 5.11. The Morgan fingerprint density at radius 1 is 0.867 bits per heavy atom. The number of rotatable bonds is 7. The Morgan fingerprint density at radius 3 is 2.07 bits per heavy atom. The summed E-state index contributed by atoms with van der Waals surface area (Å²) < 4.78 is 5.75. The number of esters is 1. The molecule has 0 bridgehead atoms. The number of hydrogen-bond donors (Lipinski definition) is 0. The van der Waals surface area contributed by atoms with Gasteiger partial charge in [-0.2, -0.15) is 0 Å². The molecule has 0 aliphatic rings. The molecule has 156 valence electrons. The summed E-state index contributed by atoms with van der Waals surface area (Å²) in [5.74, 6) is 0.913. The molecule has 0 N–H and O–H groups in total. The molecule has 0 fully saturated rings. The molecule has 1 unspecified atom stereocenters. The van der Waals surface area contributed by atoms with Crippen LogP contribution < -0.4 is 4.74 Å². The molecule has 0 amide bonds. The van der Waals surface area contributed by atoms with Crippen LogP contribution in [0.1, 0.15) is 52.5 Å². The number of hydrogen-bond acceptors (Lipinski definition) is 2. The largest absolute Gasteiger partial charge is 0.426 e. The average molecular weight is 420 g/mol. The predicted octanol–water partition coefficient (Wildman–Crippen LogP) is 7.25. The van der Waals surface area contributed by atoms with Gasteiger partial charge >= 0.3 is 5.97 Å². The van der Waals surface area contributed by atoms with Crippen molar-refractivity contribution >= 4 is 16.9 Å². The second kappa shape index (κ2) is 9.53. The highest BCUT2D eigenvalue weighted by molar-refractivity contribution is 7.97. The maximum Gasteiger partial charge on any atom is 0.316 e. The zero-order valence-electron chi connectivity index (χ0n) is 18.5. The summed E-state index contributed by atoms with van der Waals surface area (Å²) in [5.41, 5.74) is 0.837. The Morgan fingerprint density at radius 2 is 1.47 bits per heavy atom. The lowest BCUT2D eigenvalue weighted by Crippen LogP contribution is -2.28. The zero-order valence-corrected chi connectivity index (χ0v) is 19.3. The smallest absolute Gasteiger partial charge is 0.316 e. The minimum absolute atomic E-state index is 0.192. The first-order valence-corrected chi connectivity index (χ1v) is 11.8. The first kappa shape index (κ1) is 22.2. The van der Waals surface area contributed by atoms with Crippen molar-refractivity contribution in [3.05, 3.63) is 84.4 Å². The van der Waals surface area contributed by atoms with Gasteiger partial charge in [-0.15, -0.1) is 0 Å². The summed E-state index contributed by atoms with van der Waals surface area (Å²) >= 11 is 0. The number of carbonyl (C=O) groups is 1. The molecule has 0 aromatic heterocycles. The van der Waals surface area contributed by atoms with Crippen molar-refractivity contribution in [2.45, 2.75) is 61.6 Å². The normalized spacial score (nSPS) is 12.6. The van der Waals surface area contributed by atoms with Crippen LogP contribution in [0.2, 0.25) is 0 Å². The molecule has 0 aliphatic heterocycles. The maximum absolute atomic E-state index is 12.6. The summed E-state index contributed by atoms with van der Waals surface area (Å²) in [6.07, 6.45) is 0.738. The maximum atomic E-state index is 12.6. The molecule has 2 nitrogen and oxygen atoms in total. The molecular weight excluding hydrogens is 388 g/mol. The molecule has 3 aromatic carbocycles. The standard InChI is InChI=1S/C27H31O2S/c1-6-27(4,5)26(28)29-22-11-10-14-25(19-22)30(23-12-8-7-9-13-23)24-17-15-21(16-18-24)20(2)3/h7-20H,6H2,1-5H3/q+1. The molecule has 3 heteroatoms. The van der Waals surface area contributed by atoms with E-state index in [1.165, 1.54) is 15.4 Å². The van der Waals surface area contributed by atoms with Crippen LogP contribution >= 0.6 is 0 Å². The van der Waals surface area contributed by atoms with Gasteiger partial charge in [-0.25, -0.2) is 0 Å². The molecule has 0 aliphatic carbocycles. The van der Waals surface area contributed by atoms with Gasteiger partial charge in [-0.1, -0.05) is 57.2 Å². The summed E-state index contributed by atoms with van der Waals surface area (Å²) in [5, 5.41) is 0. The number of carbonyl (C=O) groups excluding carboxylic acids is 1. The van der Waals surface area contributed by atoms with Crippen molar-refractivity contribution in [1.29, 1.82) is 0 Å². The number of ether oxygens (including phenoxy) is 1. The molecule has 3 aromatic rings. The molecule has 30 heavy (non-hydrogen) atoms. The van der Waals surface area contributed by atoms with Crippen LogP contribution in [0.25, 0.3) is 0 Å². The predicted molar refractivity (Wildman–Crippen MR) is 125 cm³/mol. The lowest BCUT2D eigenvalue weighted by molar-refractivity contribution is -0.144. The fourth-order valence-electron chi connectivity index (χ4n) is 3.01. The highest BCUT2D eigenvalue weighted by Crippen LogP contribution is 2.34. The van der Waals surface area contributed by atoms with Crippen LogP contribution in [0.4, 0.5) is 0 Å². The van der Waals surface area contributed by atoms with E-state index < -0.39 is 5.41 Å². The monoisotopic (exact) mass is 419 g/mol. The van der Waals surface area contributed by atoms with Gasteiger partial charge in [-0.05, 0) is 68.1 Å². The summed E-state index contributed by atoms with van der Waals surface area (Å²) in [6, 6.07) is 27.4. The first-order chi connectivity index (χ1) is 14.3. The molecule has 0 saturated heterocycles. The van der Waals surface area contributed by atoms with E-state index in [0.717, 1.165) is 11.3 Å². The summed E-state index contributed by atoms with van der Waals surface area (Å²) in [4.78, 5) is 16.2. The summed E-state index contributed by atoms with van der Waals surface area (Å²) in [7, 11) is -0.275. The minimum Gasteiger partial charge on any atom is -0.426 e. The van der Waals surface area contributed by atoms with E-state index in [2.05, 4.69) is 68.4 Å². The van der Waals surface area contributed by atoms with E-state index in [0.29, 0.717) is 11.7 Å². The minimum atomic E-state index is -0.496. The van der Waals surface area contributed by atoms with Gasteiger partial charge in [0.15, 0.2) is 14.7 Å². The molecule has 0 spiro atoms. The second-order valence-corrected chi connectivity index (χ2v) is 10.5. The van der Waals surface area contributed by atoms with Gasteiger partial charge in [-0.3, -0.25) is 4.79 Å². The van der Waals surface area contributed by atoms with Crippen molar-refractivity contribution in [1.82, 2.24) is 0 Å². The SMILES string of the molecule is CCC(C)(C)C(=O)Oc1cccc([S+](c2ccccc2)c2ccc(C(C)C)cc2)c1. The van der Waals surface area contributed by atoms with E-state index in [1.807, 2.05) is 45.0 Å². The molecule has 0 radical (unpaired) electrons. The third-order valence-electron chi connectivity index (χ3n) is 5.45. The van der Waals surface area contributed by atoms with Gasteiger partial charge in [0.05, 0.1) is 16.3 Å². The Balaban J connectivity index is 1.99. The number of benzene rings is 3. The molecule has 0 saturated carbocycles. The molecular formula is C27H31O2S+. The average Bonchev–Trinajstić information content (AvgIpc) is 2.75. The third kappa shape index (κ3) is 5.14. The van der Waals surface area contributed by atoms with E-state index in [9.17, 15) is 4.79 Å². The lowest BCUT2D eigenvalue weighted by Gasteiger charge is -2.20. The van der Waals surface area contributed by atoms with Gasteiger partial charge in [0, 0.05) is 6.07 Å². The summed E-state index contributed by atoms with van der Waals surface area (Å²) in [6.45, 7) is 10.3. The van der Waals surface area contributed by atoms with E-state index >= 15 is 0 Å². The molecule has 3 rings (SSSR count).